The van der Waals surface area contributed by atoms with E-state index in [0.717, 1.165) is 4.68 Å². The summed E-state index contributed by atoms with van der Waals surface area (Å²) in [6, 6.07) is 6.28. The molecule has 0 spiro atoms. The summed E-state index contributed by atoms with van der Waals surface area (Å²) < 4.78 is 11.4. The normalized spacial score (nSPS) is 10.2. The molecule has 1 aromatic heterocycles. The van der Waals surface area contributed by atoms with Gasteiger partial charge in [-0.25, -0.2) is 9.48 Å². The first kappa shape index (κ1) is 14.6. The zero-order valence-corrected chi connectivity index (χ0v) is 11.8. The molecule has 7 nitrogen and oxygen atoms in total. The summed E-state index contributed by atoms with van der Waals surface area (Å²) in [5, 5.41) is 13.2. The largest absolute Gasteiger partial charge is 0.497 e. The molecule has 110 valence electrons. The highest BCUT2D eigenvalue weighted by Crippen LogP contribution is 2.32. The molecule has 1 N–H and O–H groups in total. The molecule has 0 aliphatic rings. The molecule has 7 heteroatoms. The number of aryl methyl sites for hydroxylation is 1. The number of hydrogen-bond donors (Lipinski definition) is 1. The molecule has 0 aliphatic heterocycles. The second-order valence-corrected chi connectivity index (χ2v) is 4.24. The Hall–Kier alpha value is -2.83. The van der Waals surface area contributed by atoms with Crippen molar-refractivity contribution >= 4 is 5.97 Å². The van der Waals surface area contributed by atoms with Gasteiger partial charge in [-0.15, -0.1) is 0 Å². The molecular formula is C14H14N2O5. The van der Waals surface area contributed by atoms with E-state index in [2.05, 4.69) is 5.10 Å². The van der Waals surface area contributed by atoms with E-state index >= 15 is 0 Å². The number of nitrogens with zero attached hydrogens (tertiary/aromatic N) is 2. The van der Waals surface area contributed by atoms with Gasteiger partial charge >= 0.3 is 5.97 Å². The van der Waals surface area contributed by atoms with Crippen molar-refractivity contribution in [1.82, 2.24) is 9.78 Å². The van der Waals surface area contributed by atoms with Gasteiger partial charge in [-0.2, -0.15) is 5.10 Å². The van der Waals surface area contributed by atoms with E-state index in [1.54, 1.807) is 18.2 Å². The second-order valence-electron chi connectivity index (χ2n) is 4.24. The third kappa shape index (κ3) is 2.71. The summed E-state index contributed by atoms with van der Waals surface area (Å²) in [5.74, 6) is -0.238. The van der Waals surface area contributed by atoms with Crippen LogP contribution in [0, 0.1) is 0 Å². The minimum atomic E-state index is -1.30. The number of carboxylic acids is 1. The van der Waals surface area contributed by atoms with E-state index < -0.39 is 11.5 Å². The summed E-state index contributed by atoms with van der Waals surface area (Å²) in [4.78, 5) is 22.9. The van der Waals surface area contributed by atoms with Crippen LogP contribution in [0.1, 0.15) is 10.4 Å². The maximum atomic E-state index is 11.7. The van der Waals surface area contributed by atoms with Gasteiger partial charge in [-0.05, 0) is 24.3 Å². The van der Waals surface area contributed by atoms with Crippen LogP contribution >= 0.6 is 0 Å². The van der Waals surface area contributed by atoms with Gasteiger partial charge in [0, 0.05) is 12.6 Å². The fraction of sp³-hybridized carbons (Fsp3) is 0.214. The molecule has 0 fully saturated rings. The molecule has 0 bridgehead atoms. The first-order valence-electron chi connectivity index (χ1n) is 6.02. The molecule has 2 rings (SSSR count). The number of aromatic nitrogens is 2. The minimum absolute atomic E-state index is 0.310. The van der Waals surface area contributed by atoms with Crippen molar-refractivity contribution < 1.29 is 19.4 Å². The van der Waals surface area contributed by atoms with E-state index in [1.807, 2.05) is 0 Å². The zero-order chi connectivity index (χ0) is 15.6. The Morgan fingerprint density at radius 3 is 2.52 bits per heavy atom. The first-order valence-corrected chi connectivity index (χ1v) is 6.02. The molecule has 0 amide bonds. The van der Waals surface area contributed by atoms with Crippen molar-refractivity contribution in [2.75, 3.05) is 14.2 Å². The Morgan fingerprint density at radius 2 is 1.95 bits per heavy atom. The Morgan fingerprint density at radius 1 is 1.24 bits per heavy atom. The lowest BCUT2D eigenvalue weighted by Crippen LogP contribution is -2.26. The van der Waals surface area contributed by atoms with Gasteiger partial charge in [0.25, 0.3) is 5.56 Å². The van der Waals surface area contributed by atoms with Crippen molar-refractivity contribution in [3.8, 4) is 22.8 Å². The van der Waals surface area contributed by atoms with Crippen molar-refractivity contribution in [3.05, 3.63) is 40.2 Å². The van der Waals surface area contributed by atoms with Crippen LogP contribution in [0.4, 0.5) is 0 Å². The number of methoxy groups -OCH3 is 2. The van der Waals surface area contributed by atoms with E-state index in [0.29, 0.717) is 22.8 Å². The summed E-state index contributed by atoms with van der Waals surface area (Å²) in [6.07, 6.45) is 0. The SMILES string of the molecule is COc1ccc(OC)c(-c2cc(C(=O)O)c(=O)n(C)n2)c1. The van der Waals surface area contributed by atoms with Crippen LogP contribution in [0.3, 0.4) is 0 Å². The maximum Gasteiger partial charge on any atom is 0.341 e. The van der Waals surface area contributed by atoms with Crippen molar-refractivity contribution in [2.24, 2.45) is 7.05 Å². The summed E-state index contributed by atoms with van der Waals surface area (Å²) in [6.45, 7) is 0. The van der Waals surface area contributed by atoms with Crippen LogP contribution < -0.4 is 15.0 Å². The molecule has 1 aromatic carbocycles. The Bertz CT molecular complexity index is 752. The molecule has 21 heavy (non-hydrogen) atoms. The number of ether oxygens (including phenoxy) is 2. The standard InChI is InChI=1S/C14H14N2O5/c1-16-13(17)10(14(18)19)7-11(15-16)9-6-8(20-2)4-5-12(9)21-3/h4-7H,1-3H3,(H,18,19). The summed E-state index contributed by atoms with van der Waals surface area (Å²) >= 11 is 0. The molecule has 0 saturated carbocycles. The van der Waals surface area contributed by atoms with Crippen LogP contribution in [-0.4, -0.2) is 35.1 Å². The van der Waals surface area contributed by atoms with Crippen molar-refractivity contribution in [3.63, 3.8) is 0 Å². The fourth-order valence-corrected chi connectivity index (χ4v) is 1.91. The number of aromatic carboxylic acids is 1. The number of carboxylic acid groups (broad SMARTS) is 1. The predicted octanol–water partition coefficient (Wildman–Crippen LogP) is 1.16. The molecule has 2 aromatic rings. The third-order valence-electron chi connectivity index (χ3n) is 2.98. The van der Waals surface area contributed by atoms with E-state index in [9.17, 15) is 9.59 Å². The average Bonchev–Trinajstić information content (AvgIpc) is 2.48. The Kier molecular flexibility index (Phi) is 3.93. The Labute approximate surface area is 120 Å². The van der Waals surface area contributed by atoms with E-state index in [4.69, 9.17) is 14.6 Å². The van der Waals surface area contributed by atoms with Gasteiger partial charge in [0.1, 0.15) is 17.1 Å². The van der Waals surface area contributed by atoms with Crippen LogP contribution in [0.2, 0.25) is 0 Å². The van der Waals surface area contributed by atoms with Gasteiger partial charge in [-0.3, -0.25) is 4.79 Å². The number of rotatable bonds is 4. The van der Waals surface area contributed by atoms with E-state index in [-0.39, 0.29) is 5.56 Å². The number of carbonyl (C=O) groups is 1. The lowest BCUT2D eigenvalue weighted by molar-refractivity contribution is 0.0694. The molecule has 0 unspecified atom stereocenters. The summed E-state index contributed by atoms with van der Waals surface area (Å²) in [5.41, 5.74) is -0.180. The summed E-state index contributed by atoms with van der Waals surface area (Å²) in [7, 11) is 4.40. The topological polar surface area (TPSA) is 90.7 Å². The van der Waals surface area contributed by atoms with Crippen molar-refractivity contribution in [1.29, 1.82) is 0 Å². The highest BCUT2D eigenvalue weighted by molar-refractivity contribution is 5.88. The van der Waals surface area contributed by atoms with Gasteiger partial charge in [-0.1, -0.05) is 0 Å². The second kappa shape index (κ2) is 5.66. The van der Waals surface area contributed by atoms with Crippen LogP contribution in [0.5, 0.6) is 11.5 Å². The first-order chi connectivity index (χ1) is 9.97. The van der Waals surface area contributed by atoms with Gasteiger partial charge in [0.15, 0.2) is 0 Å². The molecule has 0 radical (unpaired) electrons. The molecule has 0 aliphatic carbocycles. The van der Waals surface area contributed by atoms with E-state index in [1.165, 1.54) is 27.3 Å². The van der Waals surface area contributed by atoms with Gasteiger partial charge in [0.2, 0.25) is 0 Å². The van der Waals surface area contributed by atoms with Gasteiger partial charge in [0.05, 0.1) is 19.9 Å². The lowest BCUT2D eigenvalue weighted by Gasteiger charge is -2.11. The number of hydrogen-bond acceptors (Lipinski definition) is 5. The molecule has 0 saturated heterocycles. The Balaban J connectivity index is 2.72. The van der Waals surface area contributed by atoms with Crippen LogP contribution in [0.25, 0.3) is 11.3 Å². The van der Waals surface area contributed by atoms with Crippen LogP contribution in [-0.2, 0) is 7.05 Å². The molecule has 1 heterocycles. The smallest absolute Gasteiger partial charge is 0.341 e. The monoisotopic (exact) mass is 290 g/mol. The lowest BCUT2D eigenvalue weighted by atomic mass is 10.1. The third-order valence-corrected chi connectivity index (χ3v) is 2.98. The maximum absolute atomic E-state index is 11.7. The fourth-order valence-electron chi connectivity index (χ4n) is 1.91. The molecular weight excluding hydrogens is 276 g/mol. The molecule has 0 atom stereocenters. The zero-order valence-electron chi connectivity index (χ0n) is 11.8. The highest BCUT2D eigenvalue weighted by atomic mass is 16.5. The van der Waals surface area contributed by atoms with Crippen LogP contribution in [0.15, 0.2) is 29.1 Å². The quantitative estimate of drug-likeness (QED) is 0.908. The minimum Gasteiger partial charge on any atom is -0.497 e. The highest BCUT2D eigenvalue weighted by Gasteiger charge is 2.16. The van der Waals surface area contributed by atoms with Crippen molar-refractivity contribution in [2.45, 2.75) is 0 Å². The predicted molar refractivity (Wildman–Crippen MR) is 75.0 cm³/mol. The average molecular weight is 290 g/mol. The van der Waals surface area contributed by atoms with Gasteiger partial charge < -0.3 is 14.6 Å². The number of benzene rings is 1.